The van der Waals surface area contributed by atoms with Crippen LogP contribution >= 0.6 is 24.0 Å². The Morgan fingerprint density at radius 3 is 2.64 bits per heavy atom. The fraction of sp³-hybridized carbons (Fsp3) is 0.400. The Labute approximate surface area is 93.8 Å². The van der Waals surface area contributed by atoms with Crippen LogP contribution in [0.15, 0.2) is 18.2 Å². The lowest BCUT2D eigenvalue weighted by Crippen LogP contribution is -2.14. The minimum Gasteiger partial charge on any atom is -0.324 e. The van der Waals surface area contributed by atoms with Gasteiger partial charge in [-0.25, -0.2) is 4.39 Å². The molecule has 0 bridgehead atoms. The lowest BCUT2D eigenvalue weighted by molar-refractivity contribution is 0.554. The molecule has 0 spiro atoms. The highest BCUT2D eigenvalue weighted by Crippen LogP contribution is 2.40. The maximum Gasteiger partial charge on any atom is 0.128 e. The summed E-state index contributed by atoms with van der Waals surface area (Å²) in [6.45, 7) is 0. The van der Waals surface area contributed by atoms with Crippen LogP contribution in [0.5, 0.6) is 0 Å². The van der Waals surface area contributed by atoms with Crippen LogP contribution in [-0.4, -0.2) is 0 Å². The van der Waals surface area contributed by atoms with Crippen molar-refractivity contribution in [3.8, 4) is 0 Å². The van der Waals surface area contributed by atoms with Gasteiger partial charge in [-0.1, -0.05) is 11.6 Å². The lowest BCUT2D eigenvalue weighted by Gasteiger charge is -2.11. The molecule has 0 aromatic heterocycles. The second-order valence-corrected chi connectivity index (χ2v) is 3.97. The molecule has 1 nitrogen and oxygen atoms in total. The van der Waals surface area contributed by atoms with Gasteiger partial charge < -0.3 is 5.73 Å². The van der Waals surface area contributed by atoms with Crippen molar-refractivity contribution in [2.45, 2.75) is 18.9 Å². The summed E-state index contributed by atoms with van der Waals surface area (Å²) in [4.78, 5) is 0. The van der Waals surface area contributed by atoms with E-state index >= 15 is 0 Å². The first kappa shape index (κ1) is 11.8. The zero-order valence-electron chi connectivity index (χ0n) is 7.54. The van der Waals surface area contributed by atoms with Crippen molar-refractivity contribution in [1.82, 2.24) is 0 Å². The molecular formula is C10H12Cl2FN. The van der Waals surface area contributed by atoms with Gasteiger partial charge in [0.15, 0.2) is 0 Å². The van der Waals surface area contributed by atoms with Gasteiger partial charge in [-0.2, -0.15) is 0 Å². The van der Waals surface area contributed by atoms with E-state index in [9.17, 15) is 4.39 Å². The number of rotatable bonds is 2. The van der Waals surface area contributed by atoms with Gasteiger partial charge in [0.1, 0.15) is 5.82 Å². The van der Waals surface area contributed by atoms with Crippen LogP contribution in [0.4, 0.5) is 4.39 Å². The van der Waals surface area contributed by atoms with Crippen LogP contribution in [0, 0.1) is 11.7 Å². The molecule has 1 fully saturated rings. The van der Waals surface area contributed by atoms with Crippen LogP contribution in [-0.2, 0) is 0 Å². The van der Waals surface area contributed by atoms with E-state index in [1.54, 1.807) is 12.1 Å². The summed E-state index contributed by atoms with van der Waals surface area (Å²) in [5.74, 6) is 0.205. The van der Waals surface area contributed by atoms with Gasteiger partial charge in [-0.05, 0) is 37.0 Å². The van der Waals surface area contributed by atoms with E-state index in [1.165, 1.54) is 6.07 Å². The molecule has 0 amide bonds. The van der Waals surface area contributed by atoms with Crippen molar-refractivity contribution in [2.75, 3.05) is 0 Å². The van der Waals surface area contributed by atoms with Gasteiger partial charge in [0.05, 0.1) is 0 Å². The van der Waals surface area contributed by atoms with Gasteiger partial charge >= 0.3 is 0 Å². The summed E-state index contributed by atoms with van der Waals surface area (Å²) in [5, 5.41) is 0.549. The predicted octanol–water partition coefficient (Wildman–Crippen LogP) is 3.31. The highest BCUT2D eigenvalue weighted by Gasteiger charge is 2.31. The SMILES string of the molecule is Cl.N[C@H](c1cc(Cl)ccc1F)C1CC1. The molecule has 1 aromatic carbocycles. The Hall–Kier alpha value is -0.310. The zero-order chi connectivity index (χ0) is 9.42. The molecule has 78 valence electrons. The molecule has 14 heavy (non-hydrogen) atoms. The molecule has 0 aliphatic heterocycles. The van der Waals surface area contributed by atoms with E-state index < -0.39 is 0 Å². The van der Waals surface area contributed by atoms with E-state index in [1.807, 2.05) is 0 Å². The molecule has 1 atom stereocenters. The molecule has 0 radical (unpaired) electrons. The summed E-state index contributed by atoms with van der Waals surface area (Å²) >= 11 is 5.76. The van der Waals surface area contributed by atoms with Gasteiger partial charge in [-0.15, -0.1) is 12.4 Å². The first-order chi connectivity index (χ1) is 6.18. The molecule has 1 saturated carbocycles. The van der Waals surface area contributed by atoms with Gasteiger partial charge in [0.2, 0.25) is 0 Å². The van der Waals surface area contributed by atoms with E-state index in [0.717, 1.165) is 12.8 Å². The quantitative estimate of drug-likeness (QED) is 0.837. The molecule has 2 rings (SSSR count). The highest BCUT2D eigenvalue weighted by molar-refractivity contribution is 6.30. The Balaban J connectivity index is 0.000000980. The lowest BCUT2D eigenvalue weighted by atomic mass is 10.0. The average molecular weight is 236 g/mol. The largest absolute Gasteiger partial charge is 0.324 e. The van der Waals surface area contributed by atoms with Gasteiger partial charge in [-0.3, -0.25) is 0 Å². The third kappa shape index (κ3) is 2.38. The smallest absolute Gasteiger partial charge is 0.128 e. The number of nitrogens with two attached hydrogens (primary N) is 1. The molecule has 0 heterocycles. The van der Waals surface area contributed by atoms with E-state index in [2.05, 4.69) is 0 Å². The topological polar surface area (TPSA) is 26.0 Å². The first-order valence-corrected chi connectivity index (χ1v) is 4.77. The van der Waals surface area contributed by atoms with E-state index in [0.29, 0.717) is 16.5 Å². The van der Waals surface area contributed by atoms with Crippen LogP contribution in [0.3, 0.4) is 0 Å². The summed E-state index contributed by atoms with van der Waals surface area (Å²) in [6.07, 6.45) is 2.21. The predicted molar refractivity (Wildman–Crippen MR) is 58.3 cm³/mol. The highest BCUT2D eigenvalue weighted by atomic mass is 35.5. The maximum atomic E-state index is 13.3. The minimum atomic E-state index is -0.246. The first-order valence-electron chi connectivity index (χ1n) is 4.39. The second-order valence-electron chi connectivity index (χ2n) is 3.53. The van der Waals surface area contributed by atoms with E-state index in [4.69, 9.17) is 17.3 Å². The summed E-state index contributed by atoms with van der Waals surface area (Å²) < 4.78 is 13.3. The number of halogens is 3. The van der Waals surface area contributed by atoms with E-state index in [-0.39, 0.29) is 24.3 Å². The van der Waals surface area contributed by atoms with Crippen molar-refractivity contribution >= 4 is 24.0 Å². The van der Waals surface area contributed by atoms with Crippen LogP contribution < -0.4 is 5.73 Å². The Bertz CT molecular complexity index is 326. The van der Waals surface area contributed by atoms with Crippen LogP contribution in [0.1, 0.15) is 24.4 Å². The molecule has 1 aliphatic carbocycles. The molecule has 1 aliphatic rings. The van der Waals surface area contributed by atoms with Crippen molar-refractivity contribution in [1.29, 1.82) is 0 Å². The normalized spacial score (nSPS) is 17.4. The van der Waals surface area contributed by atoms with Crippen molar-refractivity contribution < 1.29 is 4.39 Å². The van der Waals surface area contributed by atoms with Crippen molar-refractivity contribution in [3.05, 3.63) is 34.6 Å². The Morgan fingerprint density at radius 2 is 2.07 bits per heavy atom. The summed E-state index contributed by atoms with van der Waals surface area (Å²) in [6, 6.07) is 4.36. The third-order valence-corrected chi connectivity index (χ3v) is 2.68. The summed E-state index contributed by atoms with van der Waals surface area (Å²) in [5.41, 5.74) is 6.42. The Morgan fingerprint density at radius 1 is 1.43 bits per heavy atom. The minimum absolute atomic E-state index is 0. The molecule has 2 N–H and O–H groups in total. The molecule has 1 aromatic rings. The average Bonchev–Trinajstić information content (AvgIpc) is 2.91. The molecule has 0 unspecified atom stereocenters. The monoisotopic (exact) mass is 235 g/mol. The number of benzene rings is 1. The van der Waals surface area contributed by atoms with Crippen molar-refractivity contribution in [2.24, 2.45) is 11.7 Å². The maximum absolute atomic E-state index is 13.3. The fourth-order valence-corrected chi connectivity index (χ4v) is 1.66. The van der Waals surface area contributed by atoms with Gasteiger partial charge in [0, 0.05) is 16.6 Å². The van der Waals surface area contributed by atoms with Gasteiger partial charge in [0.25, 0.3) is 0 Å². The number of hydrogen-bond donors (Lipinski definition) is 1. The molecule has 4 heteroatoms. The Kier molecular flexibility index (Phi) is 3.76. The fourth-order valence-electron chi connectivity index (χ4n) is 1.48. The zero-order valence-corrected chi connectivity index (χ0v) is 9.11. The standard InChI is InChI=1S/C10H11ClFN.ClH/c11-7-3-4-9(12)8(5-7)10(13)6-1-2-6;/h3-6,10H,1-2,13H2;1H/t10-;/m0./s1. The summed E-state index contributed by atoms with van der Waals surface area (Å²) in [7, 11) is 0. The van der Waals surface area contributed by atoms with Crippen LogP contribution in [0.25, 0.3) is 0 Å². The molecule has 0 saturated heterocycles. The third-order valence-electron chi connectivity index (χ3n) is 2.45. The molecular weight excluding hydrogens is 224 g/mol. The second kappa shape index (κ2) is 4.47. The van der Waals surface area contributed by atoms with Crippen LogP contribution in [0.2, 0.25) is 5.02 Å². The van der Waals surface area contributed by atoms with Crippen molar-refractivity contribution in [3.63, 3.8) is 0 Å². The number of hydrogen-bond acceptors (Lipinski definition) is 1.